The van der Waals surface area contributed by atoms with E-state index in [1.165, 1.54) is 7.11 Å². The van der Waals surface area contributed by atoms with E-state index in [0.717, 1.165) is 22.5 Å². The highest BCUT2D eigenvalue weighted by atomic mass is 16.7. The number of benzene rings is 2. The predicted molar refractivity (Wildman–Crippen MR) is 122 cm³/mol. The standard InChI is InChI=1S/C25H26N2O6/c1-15-23(25(26)29)24(17-5-7-18(30-2)8-6-17)19(9-11-22(28)31-3)27(15)13-16-4-10-20-21(12-16)33-14-32-20/h4-8,10,12H,9,11,13-14H2,1-3H3,(H2,26,29). The molecule has 4 rings (SSSR count). The van der Waals surface area contributed by atoms with E-state index in [4.69, 9.17) is 24.7 Å². The summed E-state index contributed by atoms with van der Waals surface area (Å²) in [5.41, 5.74) is 10.3. The largest absolute Gasteiger partial charge is 0.497 e. The molecule has 0 spiro atoms. The number of primary amides is 1. The van der Waals surface area contributed by atoms with E-state index in [1.54, 1.807) is 7.11 Å². The molecule has 2 aromatic carbocycles. The van der Waals surface area contributed by atoms with Crippen LogP contribution in [0.1, 0.15) is 33.7 Å². The number of amides is 1. The van der Waals surface area contributed by atoms with E-state index in [1.807, 2.05) is 54.0 Å². The predicted octanol–water partition coefficient (Wildman–Crippen LogP) is 3.45. The highest BCUT2D eigenvalue weighted by molar-refractivity contribution is 6.02. The molecule has 0 aliphatic carbocycles. The lowest BCUT2D eigenvalue weighted by molar-refractivity contribution is -0.140. The van der Waals surface area contributed by atoms with Crippen LogP contribution in [0.4, 0.5) is 0 Å². The minimum absolute atomic E-state index is 0.169. The summed E-state index contributed by atoms with van der Waals surface area (Å²) < 4.78 is 23.1. The third-order valence-corrected chi connectivity index (χ3v) is 5.83. The van der Waals surface area contributed by atoms with Crippen molar-refractivity contribution in [1.82, 2.24) is 4.57 Å². The van der Waals surface area contributed by atoms with Crippen LogP contribution in [0.2, 0.25) is 0 Å². The van der Waals surface area contributed by atoms with Gasteiger partial charge in [0.25, 0.3) is 5.91 Å². The Balaban J connectivity index is 1.84. The van der Waals surface area contributed by atoms with Crippen LogP contribution in [0.3, 0.4) is 0 Å². The van der Waals surface area contributed by atoms with Crippen molar-refractivity contribution in [2.45, 2.75) is 26.3 Å². The fourth-order valence-corrected chi connectivity index (χ4v) is 4.19. The molecule has 0 saturated carbocycles. The zero-order chi connectivity index (χ0) is 23.5. The van der Waals surface area contributed by atoms with Crippen LogP contribution in [-0.4, -0.2) is 37.5 Å². The van der Waals surface area contributed by atoms with Gasteiger partial charge in [0.05, 0.1) is 26.2 Å². The lowest BCUT2D eigenvalue weighted by Crippen LogP contribution is -2.13. The van der Waals surface area contributed by atoms with Gasteiger partial charge >= 0.3 is 5.97 Å². The number of hydrogen-bond acceptors (Lipinski definition) is 6. The molecular formula is C25H26N2O6. The Bertz CT molecular complexity index is 1200. The Morgan fingerprint density at radius 3 is 2.45 bits per heavy atom. The molecule has 1 aliphatic rings. The van der Waals surface area contributed by atoms with E-state index >= 15 is 0 Å². The molecular weight excluding hydrogens is 424 g/mol. The normalized spacial score (nSPS) is 12.0. The molecule has 172 valence electrons. The quantitative estimate of drug-likeness (QED) is 0.528. The summed E-state index contributed by atoms with van der Waals surface area (Å²) in [4.78, 5) is 24.5. The maximum Gasteiger partial charge on any atom is 0.305 e. The van der Waals surface area contributed by atoms with Gasteiger partial charge in [0.2, 0.25) is 6.79 Å². The highest BCUT2D eigenvalue weighted by Crippen LogP contribution is 2.37. The minimum Gasteiger partial charge on any atom is -0.497 e. The van der Waals surface area contributed by atoms with Gasteiger partial charge in [-0.25, -0.2) is 0 Å². The maximum atomic E-state index is 12.6. The first-order chi connectivity index (χ1) is 15.9. The molecule has 0 radical (unpaired) electrons. The molecule has 1 amide bonds. The van der Waals surface area contributed by atoms with Crippen molar-refractivity contribution in [3.05, 3.63) is 65.0 Å². The van der Waals surface area contributed by atoms with Gasteiger partial charge in [0, 0.05) is 23.5 Å². The molecule has 0 bridgehead atoms. The number of rotatable bonds is 8. The second kappa shape index (κ2) is 9.28. The van der Waals surface area contributed by atoms with E-state index < -0.39 is 5.91 Å². The fraction of sp³-hybridized carbons (Fsp3) is 0.280. The van der Waals surface area contributed by atoms with Gasteiger partial charge in [0.1, 0.15) is 5.75 Å². The van der Waals surface area contributed by atoms with Crippen LogP contribution < -0.4 is 19.9 Å². The third-order valence-electron chi connectivity index (χ3n) is 5.83. The molecule has 3 aromatic rings. The molecule has 1 aromatic heterocycles. The summed E-state index contributed by atoms with van der Waals surface area (Å²) in [5, 5.41) is 0. The van der Waals surface area contributed by atoms with E-state index in [0.29, 0.717) is 41.3 Å². The highest BCUT2D eigenvalue weighted by Gasteiger charge is 2.26. The molecule has 0 atom stereocenters. The van der Waals surface area contributed by atoms with Crippen molar-refractivity contribution in [3.63, 3.8) is 0 Å². The Kier molecular flexibility index (Phi) is 6.26. The SMILES string of the molecule is COC(=O)CCc1c(-c2ccc(OC)cc2)c(C(N)=O)c(C)n1Cc1ccc2c(c1)OCO2. The summed E-state index contributed by atoms with van der Waals surface area (Å²) in [6.45, 7) is 2.52. The number of hydrogen-bond donors (Lipinski definition) is 1. The van der Waals surface area contributed by atoms with Gasteiger partial charge in [-0.3, -0.25) is 9.59 Å². The fourth-order valence-electron chi connectivity index (χ4n) is 4.19. The van der Waals surface area contributed by atoms with Gasteiger partial charge in [-0.15, -0.1) is 0 Å². The van der Waals surface area contributed by atoms with Crippen molar-refractivity contribution in [3.8, 4) is 28.4 Å². The lowest BCUT2D eigenvalue weighted by atomic mass is 9.98. The molecule has 0 unspecified atom stereocenters. The molecule has 8 nitrogen and oxygen atoms in total. The Hall–Kier alpha value is -3.94. The first-order valence-electron chi connectivity index (χ1n) is 10.5. The van der Waals surface area contributed by atoms with Crippen LogP contribution >= 0.6 is 0 Å². The zero-order valence-corrected chi connectivity index (χ0v) is 18.8. The molecule has 1 aliphatic heterocycles. The van der Waals surface area contributed by atoms with Crippen LogP contribution in [0.5, 0.6) is 17.2 Å². The van der Waals surface area contributed by atoms with Crippen molar-refractivity contribution < 1.29 is 28.5 Å². The van der Waals surface area contributed by atoms with Crippen molar-refractivity contribution in [2.75, 3.05) is 21.0 Å². The molecule has 0 saturated heterocycles. The van der Waals surface area contributed by atoms with Crippen molar-refractivity contribution in [2.24, 2.45) is 5.73 Å². The Morgan fingerprint density at radius 1 is 1.06 bits per heavy atom. The summed E-state index contributed by atoms with van der Waals surface area (Å²) in [5.74, 6) is 1.23. The number of methoxy groups -OCH3 is 2. The van der Waals surface area contributed by atoms with Gasteiger partial charge in [-0.1, -0.05) is 18.2 Å². The summed E-state index contributed by atoms with van der Waals surface area (Å²) >= 11 is 0. The number of ether oxygens (including phenoxy) is 4. The van der Waals surface area contributed by atoms with Gasteiger partial charge in [-0.2, -0.15) is 0 Å². The number of aromatic nitrogens is 1. The summed E-state index contributed by atoms with van der Waals surface area (Å²) in [6.07, 6.45) is 0.551. The average Bonchev–Trinajstić information content (AvgIpc) is 3.39. The third kappa shape index (κ3) is 4.37. The number of nitrogens with two attached hydrogens (primary N) is 1. The minimum atomic E-state index is -0.526. The van der Waals surface area contributed by atoms with Gasteiger partial charge in [-0.05, 0) is 48.7 Å². The van der Waals surface area contributed by atoms with E-state index in [9.17, 15) is 9.59 Å². The first-order valence-corrected chi connectivity index (χ1v) is 10.5. The monoisotopic (exact) mass is 450 g/mol. The molecule has 8 heteroatoms. The van der Waals surface area contributed by atoms with Crippen LogP contribution in [0.25, 0.3) is 11.1 Å². The summed E-state index contributed by atoms with van der Waals surface area (Å²) in [7, 11) is 2.95. The first kappa shape index (κ1) is 22.3. The van der Waals surface area contributed by atoms with E-state index in [2.05, 4.69) is 0 Å². The lowest BCUT2D eigenvalue weighted by Gasteiger charge is -2.14. The number of carbonyl (C=O) groups excluding carboxylic acids is 2. The van der Waals surface area contributed by atoms with Crippen molar-refractivity contribution >= 4 is 11.9 Å². The summed E-state index contributed by atoms with van der Waals surface area (Å²) in [6, 6.07) is 13.2. The number of esters is 1. The molecule has 33 heavy (non-hydrogen) atoms. The van der Waals surface area contributed by atoms with Crippen LogP contribution in [0, 0.1) is 6.92 Å². The Labute approximate surface area is 191 Å². The molecule has 2 heterocycles. The average molecular weight is 450 g/mol. The molecule has 0 fully saturated rings. The van der Waals surface area contributed by atoms with Crippen LogP contribution in [0.15, 0.2) is 42.5 Å². The second-order valence-corrected chi connectivity index (χ2v) is 7.72. The molecule has 2 N–H and O–H groups in total. The number of nitrogens with zero attached hydrogens (tertiary/aromatic N) is 1. The van der Waals surface area contributed by atoms with E-state index in [-0.39, 0.29) is 19.2 Å². The van der Waals surface area contributed by atoms with Gasteiger partial charge in [0.15, 0.2) is 11.5 Å². The number of carbonyl (C=O) groups is 2. The second-order valence-electron chi connectivity index (χ2n) is 7.72. The van der Waals surface area contributed by atoms with Crippen LogP contribution in [-0.2, 0) is 22.5 Å². The van der Waals surface area contributed by atoms with Gasteiger partial charge < -0.3 is 29.2 Å². The maximum absolute atomic E-state index is 12.6. The van der Waals surface area contributed by atoms with Crippen molar-refractivity contribution in [1.29, 1.82) is 0 Å². The smallest absolute Gasteiger partial charge is 0.305 e. The topological polar surface area (TPSA) is 102 Å². The Morgan fingerprint density at radius 2 is 1.79 bits per heavy atom. The zero-order valence-electron chi connectivity index (χ0n) is 18.8. The number of fused-ring (bicyclic) bond motifs is 1.